The third-order valence-electron chi connectivity index (χ3n) is 4.73. The number of likely N-dealkylation sites (tertiary alicyclic amines) is 1. The van der Waals surface area contributed by atoms with Crippen molar-refractivity contribution in [3.05, 3.63) is 40.1 Å². The van der Waals surface area contributed by atoms with Crippen LogP contribution in [0.3, 0.4) is 0 Å². The maximum atomic E-state index is 13.9. The summed E-state index contributed by atoms with van der Waals surface area (Å²) in [6.45, 7) is -1.29. The maximum absolute atomic E-state index is 13.9. The Kier molecular flexibility index (Phi) is 7.18. The van der Waals surface area contributed by atoms with Gasteiger partial charge in [-0.1, -0.05) is 0 Å². The second-order valence-electron chi connectivity index (χ2n) is 7.17. The summed E-state index contributed by atoms with van der Waals surface area (Å²) in [7, 11) is 0. The first-order chi connectivity index (χ1) is 15.4. The number of rotatable bonds is 5. The summed E-state index contributed by atoms with van der Waals surface area (Å²) in [4.78, 5) is 19.3. The minimum Gasteiger partial charge on any atom is -0.403 e. The monoisotopic (exact) mass is 495 g/mol. The highest BCUT2D eigenvalue weighted by Crippen LogP contribution is 2.33. The van der Waals surface area contributed by atoms with Gasteiger partial charge < -0.3 is 9.64 Å². The van der Waals surface area contributed by atoms with Gasteiger partial charge in [-0.05, 0) is 37.4 Å². The summed E-state index contributed by atoms with van der Waals surface area (Å²) < 4.78 is 94.3. The number of aromatic nitrogens is 1. The van der Waals surface area contributed by atoms with Crippen molar-refractivity contribution in [3.63, 3.8) is 0 Å². The molecule has 0 unspecified atom stereocenters. The van der Waals surface area contributed by atoms with Gasteiger partial charge in [-0.2, -0.15) is 13.2 Å². The van der Waals surface area contributed by atoms with E-state index in [4.69, 9.17) is 6.42 Å². The van der Waals surface area contributed by atoms with E-state index >= 15 is 0 Å². The number of amides is 1. The number of halogens is 7. The number of hydrogen-bond acceptors (Lipinski definition) is 5. The zero-order chi connectivity index (χ0) is 24.4. The summed E-state index contributed by atoms with van der Waals surface area (Å²) in [6, 6.07) is 1.56. The van der Waals surface area contributed by atoms with Crippen LogP contribution in [0.15, 0.2) is 23.6 Å². The lowest BCUT2D eigenvalue weighted by molar-refractivity contribution is -0.275. The molecule has 178 valence electrons. The highest BCUT2D eigenvalue weighted by atomic mass is 32.1. The number of anilines is 1. The van der Waals surface area contributed by atoms with Crippen molar-refractivity contribution < 1.29 is 40.3 Å². The van der Waals surface area contributed by atoms with Gasteiger partial charge in [0.2, 0.25) is 0 Å². The van der Waals surface area contributed by atoms with Gasteiger partial charge in [-0.15, -0.1) is 30.9 Å². The van der Waals surface area contributed by atoms with E-state index in [1.165, 1.54) is 5.38 Å². The summed E-state index contributed by atoms with van der Waals surface area (Å²) >= 11 is 0.972. The standard InChI is InChI=1S/C20H16F7N3O2S/c1-2-17-28-15(10-33-17)18(31)30(13-4-3-7-29(9-13)11-19(22,23)24)12-5-6-14(21)16(8-12)32-20(25,26)27/h1,5-6,8,10,13H,3-4,7,9,11H2/t13-/m1/s1. The minimum absolute atomic E-state index is 0.127. The second-order valence-corrected chi connectivity index (χ2v) is 8.02. The molecule has 0 bridgehead atoms. The van der Waals surface area contributed by atoms with E-state index in [-0.39, 0.29) is 35.9 Å². The summed E-state index contributed by atoms with van der Waals surface area (Å²) in [5.74, 6) is -1.05. The molecule has 3 rings (SSSR count). The van der Waals surface area contributed by atoms with Crippen LogP contribution in [0.5, 0.6) is 5.75 Å². The summed E-state index contributed by atoms with van der Waals surface area (Å²) in [5.41, 5.74) is -0.321. The van der Waals surface area contributed by atoms with Gasteiger partial charge in [0.25, 0.3) is 5.91 Å². The van der Waals surface area contributed by atoms with Crippen molar-refractivity contribution in [1.29, 1.82) is 0 Å². The Bertz CT molecular complexity index is 1050. The maximum Gasteiger partial charge on any atom is 0.573 e. The van der Waals surface area contributed by atoms with Crippen molar-refractivity contribution >= 4 is 22.9 Å². The molecule has 1 aromatic heterocycles. The molecule has 5 nitrogen and oxygen atoms in total. The molecule has 1 saturated heterocycles. The van der Waals surface area contributed by atoms with Crippen LogP contribution in [-0.2, 0) is 0 Å². The average Bonchev–Trinajstić information content (AvgIpc) is 3.18. The predicted molar refractivity (Wildman–Crippen MR) is 105 cm³/mol. The van der Waals surface area contributed by atoms with Crippen LogP contribution in [-0.4, -0.2) is 54.0 Å². The van der Waals surface area contributed by atoms with Crippen molar-refractivity contribution in [2.75, 3.05) is 24.5 Å². The van der Waals surface area contributed by atoms with E-state index < -0.39 is 42.6 Å². The van der Waals surface area contributed by atoms with Gasteiger partial charge in [0.1, 0.15) is 5.69 Å². The van der Waals surface area contributed by atoms with Gasteiger partial charge in [0.15, 0.2) is 16.6 Å². The van der Waals surface area contributed by atoms with Crippen molar-refractivity contribution in [1.82, 2.24) is 9.88 Å². The number of benzene rings is 1. The van der Waals surface area contributed by atoms with Crippen molar-refractivity contribution in [2.45, 2.75) is 31.4 Å². The van der Waals surface area contributed by atoms with Crippen LogP contribution in [0.1, 0.15) is 28.3 Å². The molecule has 33 heavy (non-hydrogen) atoms. The van der Waals surface area contributed by atoms with Gasteiger partial charge in [-0.25, -0.2) is 9.37 Å². The number of terminal acetylenes is 1. The van der Waals surface area contributed by atoms with Crippen LogP contribution >= 0.6 is 11.3 Å². The Hall–Kier alpha value is -2.85. The number of alkyl halides is 6. The number of ether oxygens (including phenoxy) is 1. The van der Waals surface area contributed by atoms with Gasteiger partial charge >= 0.3 is 12.5 Å². The molecule has 2 aromatic rings. The Balaban J connectivity index is 2.00. The number of carbonyl (C=O) groups excluding carboxylic acids is 1. The van der Waals surface area contributed by atoms with E-state index in [0.29, 0.717) is 18.6 Å². The molecule has 1 atom stereocenters. The lowest BCUT2D eigenvalue weighted by Crippen LogP contribution is -2.52. The van der Waals surface area contributed by atoms with E-state index in [1.54, 1.807) is 0 Å². The Morgan fingerprint density at radius 1 is 1.30 bits per heavy atom. The second kappa shape index (κ2) is 9.56. The lowest BCUT2D eigenvalue weighted by atomic mass is 10.0. The quantitative estimate of drug-likeness (QED) is 0.440. The largest absolute Gasteiger partial charge is 0.573 e. The molecule has 1 aliphatic rings. The number of piperidine rings is 1. The first kappa shape index (κ1) is 24.8. The molecule has 1 amide bonds. The van der Waals surface area contributed by atoms with E-state index in [0.717, 1.165) is 27.2 Å². The molecule has 0 aliphatic carbocycles. The number of hydrogen-bond donors (Lipinski definition) is 0. The average molecular weight is 495 g/mol. The molecule has 1 aromatic carbocycles. The van der Waals surface area contributed by atoms with Gasteiger partial charge in [-0.3, -0.25) is 9.69 Å². The SMILES string of the molecule is C#Cc1nc(C(=O)N(c2ccc(F)c(OC(F)(F)F)c2)[C@@H]2CCCN(CC(F)(F)F)C2)cs1. The van der Waals surface area contributed by atoms with Gasteiger partial charge in [0, 0.05) is 23.7 Å². The first-order valence-corrected chi connectivity index (χ1v) is 10.3. The van der Waals surface area contributed by atoms with Crippen LogP contribution in [0.2, 0.25) is 0 Å². The van der Waals surface area contributed by atoms with Crippen molar-refractivity contribution in [3.8, 4) is 18.1 Å². The molecule has 0 N–H and O–H groups in total. The first-order valence-electron chi connectivity index (χ1n) is 9.46. The molecule has 0 spiro atoms. The number of nitrogens with zero attached hydrogens (tertiary/aromatic N) is 3. The molecule has 2 heterocycles. The highest BCUT2D eigenvalue weighted by molar-refractivity contribution is 7.10. The Morgan fingerprint density at radius 2 is 2.03 bits per heavy atom. The summed E-state index contributed by atoms with van der Waals surface area (Å²) in [6.07, 6.45) is -3.85. The smallest absolute Gasteiger partial charge is 0.403 e. The predicted octanol–water partition coefficient (Wildman–Crippen LogP) is 4.84. The normalized spacial score (nSPS) is 17.5. The van der Waals surface area contributed by atoms with Crippen LogP contribution in [0, 0.1) is 18.2 Å². The fraction of sp³-hybridized carbons (Fsp3) is 0.400. The van der Waals surface area contributed by atoms with Crippen LogP contribution < -0.4 is 9.64 Å². The Labute approximate surface area is 187 Å². The number of thiazole rings is 1. The van der Waals surface area contributed by atoms with Crippen LogP contribution in [0.4, 0.5) is 36.4 Å². The third kappa shape index (κ3) is 6.58. The topological polar surface area (TPSA) is 45.7 Å². The van der Waals surface area contributed by atoms with E-state index in [9.17, 15) is 35.5 Å². The summed E-state index contributed by atoms with van der Waals surface area (Å²) in [5, 5.41) is 1.50. The van der Waals surface area contributed by atoms with E-state index in [2.05, 4.69) is 15.6 Å². The van der Waals surface area contributed by atoms with Crippen LogP contribution in [0.25, 0.3) is 0 Å². The minimum atomic E-state index is -5.20. The molecular formula is C20H16F7N3O2S. The molecule has 13 heteroatoms. The van der Waals surface area contributed by atoms with E-state index in [1.807, 2.05) is 0 Å². The van der Waals surface area contributed by atoms with Crippen molar-refractivity contribution in [2.24, 2.45) is 0 Å². The fourth-order valence-electron chi connectivity index (χ4n) is 3.54. The molecule has 0 saturated carbocycles. The Morgan fingerprint density at radius 3 is 2.64 bits per heavy atom. The third-order valence-corrected chi connectivity index (χ3v) is 5.51. The fourth-order valence-corrected chi connectivity index (χ4v) is 4.14. The molecule has 1 aliphatic heterocycles. The molecule has 1 fully saturated rings. The molecule has 0 radical (unpaired) electrons. The van der Waals surface area contributed by atoms with Gasteiger partial charge in [0.05, 0.1) is 12.6 Å². The number of carbonyl (C=O) groups is 1. The highest BCUT2D eigenvalue weighted by Gasteiger charge is 2.37. The zero-order valence-corrected chi connectivity index (χ0v) is 17.5. The molecular weight excluding hydrogens is 479 g/mol. The lowest BCUT2D eigenvalue weighted by Gasteiger charge is -2.39. The zero-order valence-electron chi connectivity index (χ0n) is 16.7.